The predicted octanol–water partition coefficient (Wildman–Crippen LogP) is 4.78. The Morgan fingerprint density at radius 3 is 1.80 bits per heavy atom. The van der Waals surface area contributed by atoms with Crippen LogP contribution in [0.2, 0.25) is 0 Å². The highest BCUT2D eigenvalue weighted by Crippen LogP contribution is 2.49. The first kappa shape index (κ1) is 10.2. The van der Waals surface area contributed by atoms with Crippen LogP contribution in [0.5, 0.6) is 0 Å². The summed E-state index contributed by atoms with van der Waals surface area (Å²) in [4.78, 5) is 0. The standard InChI is InChI=1S/C15H26/c1-2-6-12(5-1)11-15(14-9-10-14)13-7-3-4-8-13/h12-15H,1-11H2. The van der Waals surface area contributed by atoms with E-state index in [1.807, 2.05) is 0 Å². The van der Waals surface area contributed by atoms with Crippen LogP contribution in [0.15, 0.2) is 0 Å². The van der Waals surface area contributed by atoms with Crippen molar-refractivity contribution in [2.24, 2.45) is 23.7 Å². The van der Waals surface area contributed by atoms with E-state index in [-0.39, 0.29) is 0 Å². The molecule has 0 bridgehead atoms. The average molecular weight is 206 g/mol. The third kappa shape index (κ3) is 2.40. The van der Waals surface area contributed by atoms with Crippen LogP contribution < -0.4 is 0 Å². The maximum atomic E-state index is 1.62. The Morgan fingerprint density at radius 2 is 1.20 bits per heavy atom. The SMILES string of the molecule is C1CCC(CC(C2CCCC2)C2CC2)C1. The summed E-state index contributed by atoms with van der Waals surface area (Å²) in [5.74, 6) is 4.62. The average Bonchev–Trinajstić information content (AvgIpc) is 2.78. The van der Waals surface area contributed by atoms with Crippen molar-refractivity contribution < 1.29 is 0 Å². The van der Waals surface area contributed by atoms with Crippen molar-refractivity contribution in [3.63, 3.8) is 0 Å². The minimum atomic E-state index is 1.14. The summed E-state index contributed by atoms with van der Waals surface area (Å²) in [5.41, 5.74) is 0. The molecule has 1 atom stereocenters. The molecule has 0 aromatic rings. The minimum Gasteiger partial charge on any atom is -0.0530 e. The molecule has 0 aromatic heterocycles. The van der Waals surface area contributed by atoms with E-state index in [1.165, 1.54) is 18.8 Å². The molecule has 0 amide bonds. The van der Waals surface area contributed by atoms with Crippen molar-refractivity contribution in [1.29, 1.82) is 0 Å². The number of hydrogen-bond donors (Lipinski definition) is 0. The fourth-order valence-electron chi connectivity index (χ4n) is 4.31. The second kappa shape index (κ2) is 4.47. The first-order valence-corrected chi connectivity index (χ1v) is 7.43. The Hall–Kier alpha value is 0. The Bertz CT molecular complexity index is 192. The first-order valence-electron chi connectivity index (χ1n) is 7.43. The Morgan fingerprint density at radius 1 is 0.667 bits per heavy atom. The van der Waals surface area contributed by atoms with E-state index in [0.717, 1.165) is 17.8 Å². The van der Waals surface area contributed by atoms with Crippen LogP contribution in [0, 0.1) is 23.7 Å². The second-order valence-corrected chi connectivity index (χ2v) is 6.43. The highest BCUT2D eigenvalue weighted by Gasteiger charge is 2.38. The molecule has 3 saturated carbocycles. The van der Waals surface area contributed by atoms with E-state index in [4.69, 9.17) is 0 Å². The lowest BCUT2D eigenvalue weighted by Gasteiger charge is -2.26. The summed E-state index contributed by atoms with van der Waals surface area (Å²) in [6, 6.07) is 0. The van der Waals surface area contributed by atoms with Crippen molar-refractivity contribution in [3.05, 3.63) is 0 Å². The molecule has 1 unspecified atom stereocenters. The van der Waals surface area contributed by atoms with Crippen LogP contribution in [-0.2, 0) is 0 Å². The van der Waals surface area contributed by atoms with E-state index in [0.29, 0.717) is 0 Å². The van der Waals surface area contributed by atoms with Gasteiger partial charge in [0.25, 0.3) is 0 Å². The number of rotatable bonds is 4. The topological polar surface area (TPSA) is 0 Å². The molecular weight excluding hydrogens is 180 g/mol. The summed E-state index contributed by atoms with van der Waals surface area (Å²) in [6.45, 7) is 0. The third-order valence-electron chi connectivity index (χ3n) is 5.31. The van der Waals surface area contributed by atoms with E-state index >= 15 is 0 Å². The fraction of sp³-hybridized carbons (Fsp3) is 1.00. The summed E-state index contributed by atoms with van der Waals surface area (Å²) >= 11 is 0. The monoisotopic (exact) mass is 206 g/mol. The van der Waals surface area contributed by atoms with Crippen molar-refractivity contribution in [2.45, 2.75) is 70.6 Å². The van der Waals surface area contributed by atoms with Gasteiger partial charge in [-0.15, -0.1) is 0 Å². The van der Waals surface area contributed by atoms with E-state index < -0.39 is 0 Å². The summed E-state index contributed by atoms with van der Waals surface area (Å²) in [5, 5.41) is 0. The Labute approximate surface area is 94.8 Å². The van der Waals surface area contributed by atoms with Gasteiger partial charge in [-0.05, 0) is 42.9 Å². The lowest BCUT2D eigenvalue weighted by molar-refractivity contribution is 0.240. The van der Waals surface area contributed by atoms with Gasteiger partial charge >= 0.3 is 0 Å². The van der Waals surface area contributed by atoms with Crippen LogP contribution in [0.25, 0.3) is 0 Å². The van der Waals surface area contributed by atoms with Gasteiger partial charge < -0.3 is 0 Å². The third-order valence-corrected chi connectivity index (χ3v) is 5.31. The first-order chi connectivity index (χ1) is 7.43. The van der Waals surface area contributed by atoms with Gasteiger partial charge in [-0.3, -0.25) is 0 Å². The van der Waals surface area contributed by atoms with Crippen LogP contribution in [0.3, 0.4) is 0 Å². The van der Waals surface area contributed by atoms with Crippen molar-refractivity contribution in [2.75, 3.05) is 0 Å². The van der Waals surface area contributed by atoms with Crippen molar-refractivity contribution >= 4 is 0 Å². The van der Waals surface area contributed by atoms with Gasteiger partial charge in [0, 0.05) is 0 Å². The summed E-state index contributed by atoms with van der Waals surface area (Å²) in [6.07, 6.45) is 17.2. The molecule has 3 rings (SSSR count). The Kier molecular flexibility index (Phi) is 3.03. The summed E-state index contributed by atoms with van der Waals surface area (Å²) in [7, 11) is 0. The maximum absolute atomic E-state index is 1.62. The number of hydrogen-bond acceptors (Lipinski definition) is 0. The minimum absolute atomic E-state index is 1.14. The molecule has 0 heteroatoms. The zero-order chi connectivity index (χ0) is 10.1. The Balaban J connectivity index is 1.57. The molecule has 0 radical (unpaired) electrons. The van der Waals surface area contributed by atoms with Crippen LogP contribution >= 0.6 is 0 Å². The van der Waals surface area contributed by atoms with Gasteiger partial charge in [0.05, 0.1) is 0 Å². The van der Waals surface area contributed by atoms with Crippen molar-refractivity contribution in [3.8, 4) is 0 Å². The van der Waals surface area contributed by atoms with Gasteiger partial charge in [-0.1, -0.05) is 51.4 Å². The van der Waals surface area contributed by atoms with Gasteiger partial charge in [0.1, 0.15) is 0 Å². The predicted molar refractivity (Wildman–Crippen MR) is 64.7 cm³/mol. The molecule has 0 nitrogen and oxygen atoms in total. The van der Waals surface area contributed by atoms with Crippen molar-refractivity contribution in [1.82, 2.24) is 0 Å². The molecule has 3 aliphatic rings. The maximum Gasteiger partial charge on any atom is -0.0355 e. The lowest BCUT2D eigenvalue weighted by atomic mass is 9.79. The highest BCUT2D eigenvalue weighted by molar-refractivity contribution is 4.89. The van der Waals surface area contributed by atoms with Gasteiger partial charge in [0.15, 0.2) is 0 Å². The highest BCUT2D eigenvalue weighted by atomic mass is 14.4. The molecule has 86 valence electrons. The zero-order valence-electron chi connectivity index (χ0n) is 10.1. The zero-order valence-corrected chi connectivity index (χ0v) is 10.1. The molecule has 0 aliphatic heterocycles. The van der Waals surface area contributed by atoms with Crippen LogP contribution in [-0.4, -0.2) is 0 Å². The molecule has 15 heavy (non-hydrogen) atoms. The molecule has 0 saturated heterocycles. The molecule has 3 fully saturated rings. The molecule has 0 N–H and O–H groups in total. The summed E-state index contributed by atoms with van der Waals surface area (Å²) < 4.78 is 0. The molecule has 0 heterocycles. The molecule has 0 aromatic carbocycles. The largest absolute Gasteiger partial charge is 0.0530 e. The van der Waals surface area contributed by atoms with Crippen LogP contribution in [0.1, 0.15) is 70.6 Å². The quantitative estimate of drug-likeness (QED) is 0.621. The van der Waals surface area contributed by atoms with E-state index in [9.17, 15) is 0 Å². The van der Waals surface area contributed by atoms with E-state index in [2.05, 4.69) is 0 Å². The molecule has 3 aliphatic carbocycles. The lowest BCUT2D eigenvalue weighted by Crippen LogP contribution is -2.17. The fourth-order valence-corrected chi connectivity index (χ4v) is 4.31. The van der Waals surface area contributed by atoms with Gasteiger partial charge in [-0.25, -0.2) is 0 Å². The molecule has 0 spiro atoms. The normalized spacial score (nSPS) is 31.2. The molecular formula is C15H26. The van der Waals surface area contributed by atoms with Gasteiger partial charge in [0.2, 0.25) is 0 Å². The van der Waals surface area contributed by atoms with Gasteiger partial charge in [-0.2, -0.15) is 0 Å². The smallest absolute Gasteiger partial charge is 0.0355 e. The second-order valence-electron chi connectivity index (χ2n) is 6.43. The van der Waals surface area contributed by atoms with E-state index in [1.54, 1.807) is 57.8 Å². The van der Waals surface area contributed by atoms with Crippen LogP contribution in [0.4, 0.5) is 0 Å².